The van der Waals surface area contributed by atoms with Crippen LogP contribution in [0.15, 0.2) is 17.7 Å². The van der Waals surface area contributed by atoms with Gasteiger partial charge in [-0.3, -0.25) is 9.36 Å². The lowest BCUT2D eigenvalue weighted by Gasteiger charge is -2.27. The Morgan fingerprint density at radius 3 is 2.50 bits per heavy atom. The standard InChI is InChI=1S/C17H21N5O2/c1-7-5-6-11(23)8(2)14(7)22-15(18)12(16(19)24)13-17(22)21-10(4)9(3)20-13/h5-6,8,11,23H,18H2,1-4H3,(H2,19,24). The van der Waals surface area contributed by atoms with Crippen molar-refractivity contribution in [1.29, 1.82) is 0 Å². The van der Waals surface area contributed by atoms with Gasteiger partial charge in [-0.1, -0.05) is 19.1 Å². The predicted octanol–water partition coefficient (Wildman–Crippen LogP) is 1.53. The second-order valence-electron chi connectivity index (χ2n) is 6.23. The van der Waals surface area contributed by atoms with Gasteiger partial charge in [-0.25, -0.2) is 9.97 Å². The fourth-order valence-corrected chi connectivity index (χ4v) is 3.14. The molecular formula is C17H21N5O2. The minimum absolute atomic E-state index is 0.164. The Balaban J connectivity index is 2.45. The highest BCUT2D eigenvalue weighted by atomic mass is 16.3. The third-order valence-electron chi connectivity index (χ3n) is 4.61. The lowest BCUT2D eigenvalue weighted by molar-refractivity contribution is 0.100. The first-order chi connectivity index (χ1) is 11.2. The van der Waals surface area contributed by atoms with Crippen molar-refractivity contribution in [1.82, 2.24) is 14.5 Å². The maximum absolute atomic E-state index is 11.9. The molecule has 0 spiro atoms. The highest BCUT2D eigenvalue weighted by Crippen LogP contribution is 2.37. The second kappa shape index (κ2) is 5.45. The largest absolute Gasteiger partial charge is 0.388 e. The number of hydrogen-bond donors (Lipinski definition) is 3. The SMILES string of the molecule is CC1=C(n2c(N)c(C(N)=O)c3nc(C)c(C)nc32)C(C)C(O)C=C1. The summed E-state index contributed by atoms with van der Waals surface area (Å²) < 4.78 is 1.70. The van der Waals surface area contributed by atoms with Crippen LogP contribution >= 0.6 is 0 Å². The van der Waals surface area contributed by atoms with Crippen LogP contribution in [-0.4, -0.2) is 31.7 Å². The van der Waals surface area contributed by atoms with Gasteiger partial charge in [0.15, 0.2) is 5.65 Å². The number of hydrogen-bond acceptors (Lipinski definition) is 5. The van der Waals surface area contributed by atoms with E-state index in [2.05, 4.69) is 9.97 Å². The Morgan fingerprint density at radius 1 is 1.25 bits per heavy atom. The van der Waals surface area contributed by atoms with E-state index < -0.39 is 12.0 Å². The van der Waals surface area contributed by atoms with Crippen LogP contribution in [0.5, 0.6) is 0 Å². The number of aliphatic hydroxyl groups excluding tert-OH is 1. The quantitative estimate of drug-likeness (QED) is 0.772. The Morgan fingerprint density at radius 2 is 1.88 bits per heavy atom. The maximum atomic E-state index is 11.9. The molecule has 0 saturated carbocycles. The van der Waals surface area contributed by atoms with Gasteiger partial charge in [-0.15, -0.1) is 0 Å². The Labute approximate surface area is 139 Å². The Bertz CT molecular complexity index is 923. The molecule has 2 atom stereocenters. The van der Waals surface area contributed by atoms with Crippen molar-refractivity contribution < 1.29 is 9.90 Å². The van der Waals surface area contributed by atoms with Gasteiger partial charge in [0.05, 0.1) is 17.5 Å². The molecule has 0 aliphatic heterocycles. The van der Waals surface area contributed by atoms with Crippen LogP contribution in [-0.2, 0) is 0 Å². The third-order valence-corrected chi connectivity index (χ3v) is 4.61. The molecule has 0 fully saturated rings. The number of nitrogen functional groups attached to an aromatic ring is 1. The smallest absolute Gasteiger partial charge is 0.254 e. The second-order valence-corrected chi connectivity index (χ2v) is 6.23. The number of fused-ring (bicyclic) bond motifs is 1. The van der Waals surface area contributed by atoms with Crippen molar-refractivity contribution in [2.45, 2.75) is 33.8 Å². The summed E-state index contributed by atoms with van der Waals surface area (Å²) >= 11 is 0. The van der Waals surface area contributed by atoms with Crippen molar-refractivity contribution in [2.75, 3.05) is 5.73 Å². The molecule has 1 aliphatic rings. The first-order valence-corrected chi connectivity index (χ1v) is 7.76. The lowest BCUT2D eigenvalue weighted by Crippen LogP contribution is -2.24. The molecule has 0 bridgehead atoms. The summed E-state index contributed by atoms with van der Waals surface area (Å²) in [6.45, 7) is 7.49. The van der Waals surface area contributed by atoms with Gasteiger partial charge in [0.25, 0.3) is 5.91 Å². The number of amides is 1. The van der Waals surface area contributed by atoms with Gasteiger partial charge >= 0.3 is 0 Å². The Hall–Kier alpha value is -2.67. The molecule has 7 heteroatoms. The zero-order valence-electron chi connectivity index (χ0n) is 14.2. The van der Waals surface area contributed by atoms with Crippen molar-refractivity contribution >= 4 is 28.6 Å². The topological polar surface area (TPSA) is 120 Å². The minimum Gasteiger partial charge on any atom is -0.388 e. The number of aliphatic hydroxyl groups is 1. The van der Waals surface area contributed by atoms with E-state index >= 15 is 0 Å². The van der Waals surface area contributed by atoms with Crippen molar-refractivity contribution in [2.24, 2.45) is 11.7 Å². The summed E-state index contributed by atoms with van der Waals surface area (Å²) in [6, 6.07) is 0. The van der Waals surface area contributed by atoms with E-state index in [1.807, 2.05) is 33.8 Å². The molecule has 0 aromatic carbocycles. The van der Waals surface area contributed by atoms with Crippen LogP contribution < -0.4 is 11.5 Å². The van der Waals surface area contributed by atoms with Crippen molar-refractivity contribution in [3.63, 3.8) is 0 Å². The number of carbonyl (C=O) groups excluding carboxylic acids is 1. The fraction of sp³-hybridized carbons (Fsp3) is 0.353. The van der Waals surface area contributed by atoms with Crippen molar-refractivity contribution in [3.05, 3.63) is 34.7 Å². The summed E-state index contributed by atoms with van der Waals surface area (Å²) in [5, 5.41) is 10.2. The molecular weight excluding hydrogens is 306 g/mol. The lowest BCUT2D eigenvalue weighted by atomic mass is 9.91. The number of nitrogens with two attached hydrogens (primary N) is 2. The average Bonchev–Trinajstić information content (AvgIpc) is 2.77. The van der Waals surface area contributed by atoms with E-state index in [1.54, 1.807) is 10.6 Å². The van der Waals surface area contributed by atoms with E-state index in [-0.39, 0.29) is 17.3 Å². The first-order valence-electron chi connectivity index (χ1n) is 7.76. The molecule has 1 aliphatic carbocycles. The molecule has 0 radical (unpaired) electrons. The van der Waals surface area contributed by atoms with Gasteiger partial charge in [0.1, 0.15) is 16.9 Å². The highest BCUT2D eigenvalue weighted by molar-refractivity contribution is 6.10. The molecule has 2 unspecified atom stereocenters. The number of carbonyl (C=O) groups is 1. The monoisotopic (exact) mass is 327 g/mol. The molecule has 126 valence electrons. The summed E-state index contributed by atoms with van der Waals surface area (Å²) in [4.78, 5) is 21.0. The third kappa shape index (κ3) is 2.20. The Kier molecular flexibility index (Phi) is 3.68. The molecule has 2 heterocycles. The molecule has 7 nitrogen and oxygen atoms in total. The molecule has 2 aromatic heterocycles. The van der Waals surface area contributed by atoms with E-state index in [1.165, 1.54) is 0 Å². The normalized spacial score (nSPS) is 20.9. The molecule has 0 saturated heterocycles. The van der Waals surface area contributed by atoms with Gasteiger partial charge in [-0.2, -0.15) is 0 Å². The summed E-state index contributed by atoms with van der Waals surface area (Å²) in [5.41, 5.74) is 16.0. The number of anilines is 1. The van der Waals surface area contributed by atoms with Crippen LogP contribution in [0, 0.1) is 19.8 Å². The van der Waals surface area contributed by atoms with Gasteiger partial charge in [0.2, 0.25) is 0 Å². The number of aromatic nitrogens is 3. The van der Waals surface area contributed by atoms with E-state index in [9.17, 15) is 9.90 Å². The maximum Gasteiger partial charge on any atom is 0.254 e. The van der Waals surface area contributed by atoms with Crippen LogP contribution in [0.4, 0.5) is 5.82 Å². The van der Waals surface area contributed by atoms with Crippen LogP contribution in [0.25, 0.3) is 16.9 Å². The van der Waals surface area contributed by atoms with Gasteiger partial charge in [-0.05, 0) is 26.3 Å². The number of aryl methyl sites for hydroxylation is 2. The van der Waals surface area contributed by atoms with E-state index in [4.69, 9.17) is 11.5 Å². The van der Waals surface area contributed by atoms with Crippen LogP contribution in [0.3, 0.4) is 0 Å². The molecule has 3 rings (SSSR count). The van der Waals surface area contributed by atoms with Crippen molar-refractivity contribution in [3.8, 4) is 0 Å². The zero-order chi connectivity index (χ0) is 17.8. The van der Waals surface area contributed by atoms with E-state index in [0.717, 1.165) is 17.0 Å². The highest BCUT2D eigenvalue weighted by Gasteiger charge is 2.30. The summed E-state index contributed by atoms with van der Waals surface area (Å²) in [6.07, 6.45) is 2.93. The molecule has 2 aromatic rings. The van der Waals surface area contributed by atoms with Crippen LogP contribution in [0.2, 0.25) is 0 Å². The zero-order valence-corrected chi connectivity index (χ0v) is 14.2. The number of allylic oxidation sites excluding steroid dienone is 2. The first kappa shape index (κ1) is 16.2. The summed E-state index contributed by atoms with van der Waals surface area (Å²) in [7, 11) is 0. The predicted molar refractivity (Wildman–Crippen MR) is 93.1 cm³/mol. The van der Waals surface area contributed by atoms with Gasteiger partial charge < -0.3 is 16.6 Å². The summed E-state index contributed by atoms with van der Waals surface area (Å²) in [5.74, 6) is -0.658. The number of rotatable bonds is 2. The van der Waals surface area contributed by atoms with Gasteiger partial charge in [0, 0.05) is 11.6 Å². The number of nitrogens with zero attached hydrogens (tertiary/aromatic N) is 3. The fourth-order valence-electron chi connectivity index (χ4n) is 3.14. The number of primary amides is 1. The molecule has 5 N–H and O–H groups in total. The average molecular weight is 327 g/mol. The molecule has 1 amide bonds. The minimum atomic E-state index is -0.647. The molecule has 24 heavy (non-hydrogen) atoms. The van der Waals surface area contributed by atoms with E-state index in [0.29, 0.717) is 16.9 Å². The van der Waals surface area contributed by atoms with Crippen LogP contribution in [0.1, 0.15) is 35.6 Å².